The summed E-state index contributed by atoms with van der Waals surface area (Å²) in [4.78, 5) is 16.0. The van der Waals surface area contributed by atoms with E-state index in [0.29, 0.717) is 24.7 Å². The third-order valence-electron chi connectivity index (χ3n) is 6.16. The van der Waals surface area contributed by atoms with Crippen molar-refractivity contribution in [3.05, 3.63) is 52.8 Å². The smallest absolute Gasteiger partial charge is 0.318 e. The molecule has 12 heteroatoms. The molecule has 9 nitrogen and oxygen atoms in total. The zero-order valence-corrected chi connectivity index (χ0v) is 21.3. The molecule has 1 amide bonds. The van der Waals surface area contributed by atoms with E-state index in [0.717, 1.165) is 11.6 Å². The second kappa shape index (κ2) is 9.13. The molecule has 5 rings (SSSR count). The number of benzene rings is 2. The molecule has 0 saturated carbocycles. The summed E-state index contributed by atoms with van der Waals surface area (Å²) >= 11 is 5.97. The summed E-state index contributed by atoms with van der Waals surface area (Å²) in [5.74, 6) is -1.76. The lowest BCUT2D eigenvalue weighted by Crippen LogP contribution is -2.48. The van der Waals surface area contributed by atoms with Crippen LogP contribution < -0.4 is 9.80 Å². The second-order valence-corrected chi connectivity index (χ2v) is 11.9. The van der Waals surface area contributed by atoms with Gasteiger partial charge in [0, 0.05) is 18.0 Å². The number of aromatic nitrogens is 2. The SMILES string of the molecule is CC1(C)CN(c2nnc(-c3cc4c(cc3F)S(=O)(=O)CCC(=O)N4Cc3ccc(Cl)cc3)o2)CCO1. The molecule has 2 aliphatic rings. The zero-order chi connectivity index (χ0) is 25.7. The van der Waals surface area contributed by atoms with Gasteiger partial charge in [-0.15, -0.1) is 5.10 Å². The Labute approximate surface area is 212 Å². The van der Waals surface area contributed by atoms with Crippen molar-refractivity contribution in [2.24, 2.45) is 0 Å². The van der Waals surface area contributed by atoms with Gasteiger partial charge in [-0.05, 0) is 43.7 Å². The number of anilines is 2. The summed E-state index contributed by atoms with van der Waals surface area (Å²) in [5.41, 5.74) is 0.292. The normalized spacial score (nSPS) is 19.2. The highest BCUT2D eigenvalue weighted by Crippen LogP contribution is 2.37. The molecule has 0 bridgehead atoms. The molecule has 1 saturated heterocycles. The molecule has 0 aliphatic carbocycles. The van der Waals surface area contributed by atoms with E-state index in [-0.39, 0.29) is 41.0 Å². The van der Waals surface area contributed by atoms with Crippen molar-refractivity contribution in [1.82, 2.24) is 10.2 Å². The number of carbonyl (C=O) groups excluding carboxylic acids is 1. The van der Waals surface area contributed by atoms with Crippen LogP contribution in [0.1, 0.15) is 25.8 Å². The van der Waals surface area contributed by atoms with Crippen molar-refractivity contribution < 1.29 is 26.8 Å². The number of rotatable bonds is 4. The zero-order valence-electron chi connectivity index (χ0n) is 19.7. The molecule has 0 atom stereocenters. The quantitative estimate of drug-likeness (QED) is 0.497. The fourth-order valence-corrected chi connectivity index (χ4v) is 5.91. The Hall–Kier alpha value is -3.02. The number of amides is 1. The van der Waals surface area contributed by atoms with E-state index in [1.54, 1.807) is 24.3 Å². The maximum absolute atomic E-state index is 15.3. The van der Waals surface area contributed by atoms with E-state index in [2.05, 4.69) is 10.2 Å². The van der Waals surface area contributed by atoms with Crippen molar-refractivity contribution >= 4 is 39.0 Å². The first-order valence-electron chi connectivity index (χ1n) is 11.4. The van der Waals surface area contributed by atoms with E-state index in [1.807, 2.05) is 18.7 Å². The number of nitrogens with zero attached hydrogens (tertiary/aromatic N) is 4. The van der Waals surface area contributed by atoms with Crippen LogP contribution in [0.3, 0.4) is 0 Å². The maximum atomic E-state index is 15.3. The molecule has 2 aliphatic heterocycles. The molecular weight excluding hydrogens is 511 g/mol. The highest BCUT2D eigenvalue weighted by atomic mass is 35.5. The fourth-order valence-electron chi connectivity index (χ4n) is 4.35. The lowest BCUT2D eigenvalue weighted by Gasteiger charge is -2.36. The van der Waals surface area contributed by atoms with Gasteiger partial charge in [0.1, 0.15) is 5.82 Å². The third kappa shape index (κ3) is 4.82. The van der Waals surface area contributed by atoms with Crippen molar-refractivity contribution in [3.63, 3.8) is 0 Å². The van der Waals surface area contributed by atoms with E-state index in [4.69, 9.17) is 20.8 Å². The molecule has 1 aromatic heterocycles. The Morgan fingerprint density at radius 1 is 1.17 bits per heavy atom. The summed E-state index contributed by atoms with van der Waals surface area (Å²) < 4.78 is 52.6. The van der Waals surface area contributed by atoms with Crippen LogP contribution in [0.5, 0.6) is 0 Å². The molecular formula is C24H24ClFN4O5S. The van der Waals surface area contributed by atoms with Gasteiger partial charge in [0.2, 0.25) is 5.91 Å². The Bertz CT molecular complexity index is 1420. The predicted molar refractivity (Wildman–Crippen MR) is 131 cm³/mol. The van der Waals surface area contributed by atoms with E-state index in [1.165, 1.54) is 11.0 Å². The lowest BCUT2D eigenvalue weighted by atomic mass is 10.1. The molecule has 3 heterocycles. The predicted octanol–water partition coefficient (Wildman–Crippen LogP) is 3.85. The first kappa shape index (κ1) is 24.7. The van der Waals surface area contributed by atoms with Crippen LogP contribution in [0.25, 0.3) is 11.5 Å². The van der Waals surface area contributed by atoms with Crippen molar-refractivity contribution in [2.45, 2.75) is 37.3 Å². The second-order valence-electron chi connectivity index (χ2n) is 9.39. The van der Waals surface area contributed by atoms with E-state index >= 15 is 4.39 Å². The van der Waals surface area contributed by atoms with Crippen LogP contribution in [0.2, 0.25) is 5.02 Å². The number of hydrogen-bond acceptors (Lipinski definition) is 8. The Balaban J connectivity index is 1.56. The van der Waals surface area contributed by atoms with Gasteiger partial charge in [-0.2, -0.15) is 0 Å². The topological polar surface area (TPSA) is 106 Å². The molecule has 3 aromatic rings. The molecule has 190 valence electrons. The number of morpholine rings is 1. The first-order valence-corrected chi connectivity index (χ1v) is 13.4. The van der Waals surface area contributed by atoms with E-state index < -0.39 is 32.9 Å². The minimum Gasteiger partial charge on any atom is -0.403 e. The van der Waals surface area contributed by atoms with Gasteiger partial charge in [0.15, 0.2) is 9.84 Å². The number of sulfone groups is 1. The van der Waals surface area contributed by atoms with Gasteiger partial charge in [0.05, 0.1) is 47.2 Å². The molecule has 36 heavy (non-hydrogen) atoms. The Morgan fingerprint density at radius 2 is 1.92 bits per heavy atom. The monoisotopic (exact) mass is 534 g/mol. The van der Waals surface area contributed by atoms with Crippen molar-refractivity contribution in [1.29, 1.82) is 0 Å². The molecule has 2 aromatic carbocycles. The summed E-state index contributed by atoms with van der Waals surface area (Å²) in [6.45, 7) is 5.46. The van der Waals surface area contributed by atoms with E-state index in [9.17, 15) is 13.2 Å². The van der Waals surface area contributed by atoms with Gasteiger partial charge < -0.3 is 19.0 Å². The Kier molecular flexibility index (Phi) is 6.26. The van der Waals surface area contributed by atoms with Crippen molar-refractivity contribution in [3.8, 4) is 11.5 Å². The standard InChI is InChI=1S/C24H24ClFN4O5S/c1-24(2)14-29(8-9-34-24)23-28-27-22(35-23)17-11-19-20(12-18(17)26)36(32,33)10-7-21(31)30(19)13-15-3-5-16(25)6-4-15/h3-6,11-12H,7-10,13-14H2,1-2H3. The molecule has 1 fully saturated rings. The number of hydrogen-bond donors (Lipinski definition) is 0. The van der Waals surface area contributed by atoms with Crippen LogP contribution in [-0.2, 0) is 25.9 Å². The summed E-state index contributed by atoms with van der Waals surface area (Å²) in [7, 11) is -3.90. The summed E-state index contributed by atoms with van der Waals surface area (Å²) in [6.07, 6.45) is -0.223. The van der Waals surface area contributed by atoms with Crippen LogP contribution in [0.15, 0.2) is 45.7 Å². The van der Waals surface area contributed by atoms with Crippen LogP contribution >= 0.6 is 11.6 Å². The highest BCUT2D eigenvalue weighted by Gasteiger charge is 2.34. The number of halogens is 2. The average Bonchev–Trinajstić information content (AvgIpc) is 3.29. The number of fused-ring (bicyclic) bond motifs is 1. The van der Waals surface area contributed by atoms with Gasteiger partial charge >= 0.3 is 6.01 Å². The lowest BCUT2D eigenvalue weighted by molar-refractivity contribution is -0.118. The molecule has 0 spiro atoms. The minimum atomic E-state index is -3.90. The van der Waals surface area contributed by atoms with Gasteiger partial charge in [-0.25, -0.2) is 12.8 Å². The molecule has 0 N–H and O–H groups in total. The van der Waals surface area contributed by atoms with Crippen LogP contribution in [-0.4, -0.2) is 55.6 Å². The van der Waals surface area contributed by atoms with Gasteiger partial charge in [-0.3, -0.25) is 4.79 Å². The largest absolute Gasteiger partial charge is 0.403 e. The maximum Gasteiger partial charge on any atom is 0.318 e. The van der Waals surface area contributed by atoms with Gasteiger partial charge in [-0.1, -0.05) is 28.8 Å². The highest BCUT2D eigenvalue weighted by molar-refractivity contribution is 7.91. The summed E-state index contributed by atoms with van der Waals surface area (Å²) in [5, 5.41) is 8.61. The first-order chi connectivity index (χ1) is 17.0. The van der Waals surface area contributed by atoms with Crippen LogP contribution in [0, 0.1) is 5.82 Å². The average molecular weight is 535 g/mol. The van der Waals surface area contributed by atoms with Crippen LogP contribution in [0.4, 0.5) is 16.1 Å². The summed E-state index contributed by atoms with van der Waals surface area (Å²) in [6, 6.07) is 9.27. The van der Waals surface area contributed by atoms with Gasteiger partial charge in [0.25, 0.3) is 5.89 Å². The number of carbonyl (C=O) groups is 1. The third-order valence-corrected chi connectivity index (χ3v) is 8.15. The Morgan fingerprint density at radius 3 is 2.64 bits per heavy atom. The number of ether oxygens (including phenoxy) is 1. The molecule has 0 unspecified atom stereocenters. The van der Waals surface area contributed by atoms with Crippen molar-refractivity contribution in [2.75, 3.05) is 35.2 Å². The minimum absolute atomic E-state index is 0.0658. The molecule has 0 radical (unpaired) electrons. The fraction of sp³-hybridized carbons (Fsp3) is 0.375.